The average molecular weight is 85.1 g/mol. The molecule has 0 spiro atoms. The van der Waals surface area contributed by atoms with Crippen molar-refractivity contribution in [1.82, 2.24) is 5.73 Å². The summed E-state index contributed by atoms with van der Waals surface area (Å²) in [6.45, 7) is 5.56. The summed E-state index contributed by atoms with van der Waals surface area (Å²) in [5.74, 6) is 0. The molecule has 1 nitrogen and oxygen atoms in total. The third-order valence-electron chi connectivity index (χ3n) is 0.865. The van der Waals surface area contributed by atoms with Crippen LogP contribution in [0.3, 0.4) is 0 Å². The maximum absolute atomic E-state index is 8.83. The zero-order chi connectivity index (χ0) is 5.21. The van der Waals surface area contributed by atoms with Gasteiger partial charge in [-0.2, -0.15) is 0 Å². The fourth-order valence-corrected chi connectivity index (χ4v) is 0. The molecule has 0 saturated carbocycles. The standard InChI is InChI=1S/C5H11N/c1-4-5(2,3)6/h4H2,1-3H3. The molecule has 2 radical (unpaired) electrons. The Kier molecular flexibility index (Phi) is 1.59. The van der Waals surface area contributed by atoms with Gasteiger partial charge in [0.05, 0.1) is 0 Å². The Morgan fingerprint density at radius 3 is 1.67 bits per heavy atom. The van der Waals surface area contributed by atoms with Gasteiger partial charge in [-0.25, -0.2) is 0 Å². The molecular formula is C5H11N. The van der Waals surface area contributed by atoms with E-state index in [4.69, 9.17) is 5.73 Å². The highest BCUT2D eigenvalue weighted by Gasteiger charge is 2.07. The summed E-state index contributed by atoms with van der Waals surface area (Å²) in [6, 6.07) is 0. The lowest BCUT2D eigenvalue weighted by Gasteiger charge is -2.08. The minimum atomic E-state index is -0.458. The maximum atomic E-state index is 8.83. The minimum Gasteiger partial charge on any atom is -0.138 e. The predicted octanol–water partition coefficient (Wildman–Crippen LogP) is 1.24. The number of nitrogens with zero attached hydrogens (tertiary/aromatic N) is 1. The normalized spacial score (nSPS) is 12.0. The van der Waals surface area contributed by atoms with Crippen LogP contribution in [0.5, 0.6) is 0 Å². The molecule has 0 N–H and O–H groups in total. The van der Waals surface area contributed by atoms with Gasteiger partial charge in [0, 0.05) is 5.54 Å². The third-order valence-corrected chi connectivity index (χ3v) is 0.865. The van der Waals surface area contributed by atoms with E-state index in [9.17, 15) is 0 Å². The van der Waals surface area contributed by atoms with E-state index in [1.807, 2.05) is 6.92 Å². The average Bonchev–Trinajstić information content (AvgIpc) is 1.35. The summed E-state index contributed by atoms with van der Waals surface area (Å²) >= 11 is 0. The predicted molar refractivity (Wildman–Crippen MR) is 26.5 cm³/mol. The van der Waals surface area contributed by atoms with E-state index in [1.165, 1.54) is 0 Å². The highest BCUT2D eigenvalue weighted by molar-refractivity contribution is 4.65. The highest BCUT2D eigenvalue weighted by atomic mass is 14.7. The van der Waals surface area contributed by atoms with Gasteiger partial charge < -0.3 is 0 Å². The van der Waals surface area contributed by atoms with Crippen molar-refractivity contribution in [2.45, 2.75) is 32.7 Å². The monoisotopic (exact) mass is 85.1 g/mol. The van der Waals surface area contributed by atoms with Crippen molar-refractivity contribution in [1.29, 1.82) is 0 Å². The van der Waals surface area contributed by atoms with E-state index < -0.39 is 5.54 Å². The Labute approximate surface area is 39.5 Å². The Morgan fingerprint density at radius 1 is 1.50 bits per heavy atom. The van der Waals surface area contributed by atoms with E-state index in [1.54, 1.807) is 13.8 Å². The molecule has 0 rings (SSSR count). The third kappa shape index (κ3) is 3.96. The molecule has 0 aromatic heterocycles. The molecule has 0 saturated heterocycles. The van der Waals surface area contributed by atoms with Gasteiger partial charge in [0.25, 0.3) is 0 Å². The molecule has 0 aromatic carbocycles. The molecular weight excluding hydrogens is 74.1 g/mol. The van der Waals surface area contributed by atoms with E-state index in [0.717, 1.165) is 6.42 Å². The molecule has 0 aliphatic heterocycles. The molecule has 36 valence electrons. The van der Waals surface area contributed by atoms with Crippen LogP contribution in [-0.4, -0.2) is 5.54 Å². The van der Waals surface area contributed by atoms with Crippen LogP contribution in [0.25, 0.3) is 0 Å². The molecule has 6 heavy (non-hydrogen) atoms. The summed E-state index contributed by atoms with van der Waals surface area (Å²) in [5, 5.41) is 0. The summed E-state index contributed by atoms with van der Waals surface area (Å²) in [5.41, 5.74) is 8.37. The molecule has 0 heterocycles. The first-order chi connectivity index (χ1) is 2.56. The lowest BCUT2D eigenvalue weighted by molar-refractivity contribution is 0.483. The van der Waals surface area contributed by atoms with Crippen molar-refractivity contribution in [3.05, 3.63) is 0 Å². The Balaban J connectivity index is 3.17. The quantitative estimate of drug-likeness (QED) is 0.457. The Bertz CT molecular complexity index is 33.7. The maximum Gasteiger partial charge on any atom is 0.0485 e. The van der Waals surface area contributed by atoms with Crippen LogP contribution >= 0.6 is 0 Å². The molecule has 0 bridgehead atoms. The van der Waals surface area contributed by atoms with Gasteiger partial charge in [-0.1, -0.05) is 6.92 Å². The number of hydrogen-bond donors (Lipinski definition) is 0. The van der Waals surface area contributed by atoms with Gasteiger partial charge in [0.2, 0.25) is 0 Å². The lowest BCUT2D eigenvalue weighted by Crippen LogP contribution is -2.18. The van der Waals surface area contributed by atoms with E-state index in [-0.39, 0.29) is 0 Å². The van der Waals surface area contributed by atoms with Crippen LogP contribution in [0.2, 0.25) is 0 Å². The fourth-order valence-electron chi connectivity index (χ4n) is 0. The highest BCUT2D eigenvalue weighted by Crippen LogP contribution is 2.02. The molecule has 0 fully saturated rings. The molecule has 0 aliphatic rings. The Morgan fingerprint density at radius 2 is 1.67 bits per heavy atom. The van der Waals surface area contributed by atoms with E-state index in [0.29, 0.717) is 0 Å². The summed E-state index contributed by atoms with van der Waals surface area (Å²) in [7, 11) is 0. The van der Waals surface area contributed by atoms with Crippen LogP contribution in [-0.2, 0) is 0 Å². The van der Waals surface area contributed by atoms with Crippen molar-refractivity contribution < 1.29 is 0 Å². The molecule has 0 aliphatic carbocycles. The van der Waals surface area contributed by atoms with Gasteiger partial charge in [-0.15, -0.1) is 5.73 Å². The van der Waals surface area contributed by atoms with Gasteiger partial charge in [-0.3, -0.25) is 0 Å². The van der Waals surface area contributed by atoms with Crippen LogP contribution in [0, 0.1) is 0 Å². The molecule has 0 unspecified atom stereocenters. The van der Waals surface area contributed by atoms with Crippen molar-refractivity contribution >= 4 is 0 Å². The van der Waals surface area contributed by atoms with Gasteiger partial charge in [0.1, 0.15) is 0 Å². The van der Waals surface area contributed by atoms with Crippen molar-refractivity contribution in [2.75, 3.05) is 0 Å². The molecule has 0 aromatic rings. The van der Waals surface area contributed by atoms with Crippen molar-refractivity contribution in [2.24, 2.45) is 0 Å². The summed E-state index contributed by atoms with van der Waals surface area (Å²) in [6.07, 6.45) is 0.826. The number of rotatable bonds is 1. The second-order valence-electron chi connectivity index (χ2n) is 2.17. The van der Waals surface area contributed by atoms with Crippen molar-refractivity contribution in [3.8, 4) is 0 Å². The smallest absolute Gasteiger partial charge is 0.0485 e. The summed E-state index contributed by atoms with van der Waals surface area (Å²) < 4.78 is 0. The molecule has 0 atom stereocenters. The zero-order valence-electron chi connectivity index (χ0n) is 4.65. The topological polar surface area (TPSA) is 22.3 Å². The van der Waals surface area contributed by atoms with Gasteiger partial charge >= 0.3 is 0 Å². The van der Waals surface area contributed by atoms with Crippen LogP contribution in [0.1, 0.15) is 27.2 Å². The zero-order valence-corrected chi connectivity index (χ0v) is 4.65. The molecule has 0 amide bonds. The minimum absolute atomic E-state index is 0.458. The van der Waals surface area contributed by atoms with Gasteiger partial charge in [0.15, 0.2) is 0 Å². The first-order valence-corrected chi connectivity index (χ1v) is 2.28. The summed E-state index contributed by atoms with van der Waals surface area (Å²) in [4.78, 5) is 0. The first-order valence-electron chi connectivity index (χ1n) is 2.28. The van der Waals surface area contributed by atoms with Crippen LogP contribution in [0.15, 0.2) is 0 Å². The largest absolute Gasteiger partial charge is 0.138 e. The van der Waals surface area contributed by atoms with Crippen LogP contribution < -0.4 is 5.73 Å². The Hall–Kier alpha value is -0.0400. The second-order valence-corrected chi connectivity index (χ2v) is 2.17. The van der Waals surface area contributed by atoms with E-state index in [2.05, 4.69) is 0 Å². The fraction of sp³-hybridized carbons (Fsp3) is 1.00. The van der Waals surface area contributed by atoms with Gasteiger partial charge in [-0.05, 0) is 20.3 Å². The number of hydrogen-bond acceptors (Lipinski definition) is 0. The first kappa shape index (κ1) is 5.96. The van der Waals surface area contributed by atoms with Crippen LogP contribution in [0.4, 0.5) is 0 Å². The van der Waals surface area contributed by atoms with E-state index >= 15 is 0 Å². The SMILES string of the molecule is CCC(C)(C)[N]. The van der Waals surface area contributed by atoms with Crippen molar-refractivity contribution in [3.63, 3.8) is 0 Å². The lowest BCUT2D eigenvalue weighted by atomic mass is 10.1. The second kappa shape index (κ2) is 1.61. The molecule has 1 heteroatoms.